The average Bonchev–Trinajstić information content (AvgIpc) is 3.02. The fraction of sp³-hybridized carbons (Fsp3) is 0.281. The molecule has 2 amide bonds. The number of benzene rings is 2. The highest BCUT2D eigenvalue weighted by molar-refractivity contribution is 6.04. The lowest BCUT2D eigenvalue weighted by Crippen LogP contribution is -2.48. The van der Waals surface area contributed by atoms with Gasteiger partial charge in [-0.25, -0.2) is 14.8 Å². The number of ether oxygens (including phenoxy) is 1. The molecule has 0 atom stereocenters. The quantitative estimate of drug-likeness (QED) is 0.249. The van der Waals surface area contributed by atoms with Crippen molar-refractivity contribution in [3.05, 3.63) is 90.4 Å². The highest BCUT2D eigenvalue weighted by Crippen LogP contribution is 2.25. The Morgan fingerprint density at radius 2 is 1.77 bits per heavy atom. The van der Waals surface area contributed by atoms with Crippen molar-refractivity contribution in [1.82, 2.24) is 25.2 Å². The number of carbonyl (C=O) groups excluding carboxylic acids is 2. The van der Waals surface area contributed by atoms with E-state index in [1.807, 2.05) is 81.4 Å². The third-order valence-corrected chi connectivity index (χ3v) is 7.01. The minimum atomic E-state index is -0.398. The number of nitrogens with one attached hydrogen (secondary N) is 3. The Morgan fingerprint density at radius 3 is 2.49 bits per heavy atom. The molecule has 11 heteroatoms. The number of anilines is 4. The summed E-state index contributed by atoms with van der Waals surface area (Å²) in [6.45, 7) is 9.20. The van der Waals surface area contributed by atoms with Crippen molar-refractivity contribution in [3.8, 4) is 11.3 Å². The van der Waals surface area contributed by atoms with Crippen LogP contribution in [0.2, 0.25) is 0 Å². The molecule has 43 heavy (non-hydrogen) atoms. The van der Waals surface area contributed by atoms with Gasteiger partial charge in [0.15, 0.2) is 0 Å². The van der Waals surface area contributed by atoms with E-state index in [2.05, 4.69) is 40.7 Å². The van der Waals surface area contributed by atoms with Crippen molar-refractivity contribution < 1.29 is 14.3 Å². The van der Waals surface area contributed by atoms with Gasteiger partial charge >= 0.3 is 6.09 Å². The van der Waals surface area contributed by atoms with E-state index >= 15 is 0 Å². The van der Waals surface area contributed by atoms with E-state index in [0.717, 1.165) is 54.4 Å². The zero-order valence-electron chi connectivity index (χ0n) is 24.6. The number of amides is 2. The topological polar surface area (TPSA) is 125 Å². The van der Waals surface area contributed by atoms with Crippen molar-refractivity contribution in [3.63, 3.8) is 0 Å². The Bertz CT molecular complexity index is 1540. The Balaban J connectivity index is 1.15. The molecule has 2 aromatic heterocycles. The van der Waals surface area contributed by atoms with Crippen molar-refractivity contribution >= 4 is 35.0 Å². The lowest BCUT2D eigenvalue weighted by atomic mass is 10.1. The Morgan fingerprint density at radius 1 is 0.977 bits per heavy atom. The fourth-order valence-corrected chi connectivity index (χ4v) is 4.64. The number of aryl methyl sites for hydroxylation is 1. The summed E-state index contributed by atoms with van der Waals surface area (Å²) in [7, 11) is 0. The second-order valence-corrected chi connectivity index (χ2v) is 10.6. The van der Waals surface area contributed by atoms with Crippen LogP contribution in [0.25, 0.3) is 11.3 Å². The zero-order chi connectivity index (χ0) is 30.2. The van der Waals surface area contributed by atoms with Gasteiger partial charge < -0.3 is 25.6 Å². The first-order valence-corrected chi connectivity index (χ1v) is 14.3. The number of rotatable bonds is 9. The van der Waals surface area contributed by atoms with E-state index in [4.69, 9.17) is 4.74 Å². The molecule has 222 valence electrons. The molecule has 0 bridgehead atoms. The summed E-state index contributed by atoms with van der Waals surface area (Å²) in [6.07, 6.45) is 4.78. The van der Waals surface area contributed by atoms with E-state index in [0.29, 0.717) is 17.2 Å². The number of hydrogen-bond donors (Lipinski definition) is 3. The van der Waals surface area contributed by atoms with Gasteiger partial charge in [-0.3, -0.25) is 14.7 Å². The molecule has 0 spiro atoms. The van der Waals surface area contributed by atoms with Crippen LogP contribution in [-0.2, 0) is 4.74 Å². The van der Waals surface area contributed by atoms with Crippen LogP contribution in [0.3, 0.4) is 0 Å². The molecular formula is C32H36N8O3. The van der Waals surface area contributed by atoms with Crippen LogP contribution in [0, 0.1) is 6.92 Å². The van der Waals surface area contributed by atoms with E-state index in [9.17, 15) is 9.59 Å². The first-order chi connectivity index (χ1) is 20.8. The molecule has 0 unspecified atom stereocenters. The molecule has 3 heterocycles. The summed E-state index contributed by atoms with van der Waals surface area (Å²) in [5.74, 6) is 0.256. The molecule has 1 fully saturated rings. The molecule has 3 N–H and O–H groups in total. The maximum absolute atomic E-state index is 13.1. The van der Waals surface area contributed by atoms with Crippen molar-refractivity contribution in [1.29, 1.82) is 0 Å². The van der Waals surface area contributed by atoms with Gasteiger partial charge in [-0.15, -0.1) is 0 Å². The second-order valence-electron chi connectivity index (χ2n) is 10.6. The average molecular weight is 581 g/mol. The van der Waals surface area contributed by atoms with Gasteiger partial charge in [0.1, 0.15) is 6.73 Å². The minimum Gasteiger partial charge on any atom is -0.433 e. The molecule has 0 aliphatic carbocycles. The van der Waals surface area contributed by atoms with Crippen molar-refractivity contribution in [2.24, 2.45) is 0 Å². The van der Waals surface area contributed by atoms with Crippen LogP contribution in [0.5, 0.6) is 0 Å². The van der Waals surface area contributed by atoms with E-state index in [-0.39, 0.29) is 18.7 Å². The van der Waals surface area contributed by atoms with Crippen molar-refractivity contribution in [2.45, 2.75) is 26.8 Å². The SMILES string of the molecule is Cc1ccc(NC(=O)c2ccc(N3CCN(COC(=O)NC(C)C)CC3)cc2)cc1Nc1nccc(-c2cccnc2)n1. The monoisotopic (exact) mass is 580 g/mol. The van der Waals surface area contributed by atoms with E-state index in [1.54, 1.807) is 18.6 Å². The van der Waals surface area contributed by atoms with Gasteiger partial charge in [-0.05, 0) is 80.9 Å². The Labute approximate surface area is 251 Å². The third kappa shape index (κ3) is 8.04. The first kappa shape index (κ1) is 29.5. The summed E-state index contributed by atoms with van der Waals surface area (Å²) in [4.78, 5) is 42.3. The maximum atomic E-state index is 13.1. The number of hydrogen-bond acceptors (Lipinski definition) is 9. The van der Waals surface area contributed by atoms with Crippen LogP contribution < -0.4 is 20.9 Å². The maximum Gasteiger partial charge on any atom is 0.408 e. The van der Waals surface area contributed by atoms with E-state index < -0.39 is 6.09 Å². The normalized spacial score (nSPS) is 13.4. The molecule has 11 nitrogen and oxygen atoms in total. The standard InChI is InChI=1S/C32H36N8O3/c1-22(2)35-32(42)43-21-39-15-17-40(18-16-39)27-10-7-24(8-11-27)30(41)36-26-9-6-23(3)29(19-26)38-31-34-14-12-28(37-31)25-5-4-13-33-20-25/h4-14,19-20,22H,15-18,21H2,1-3H3,(H,35,42)(H,36,41)(H,34,37,38). The van der Waals surface area contributed by atoms with Gasteiger partial charge in [0.05, 0.1) is 5.69 Å². The molecule has 1 saturated heterocycles. The highest BCUT2D eigenvalue weighted by atomic mass is 16.6. The summed E-state index contributed by atoms with van der Waals surface area (Å²) in [5, 5.41) is 8.99. The largest absolute Gasteiger partial charge is 0.433 e. The predicted octanol–water partition coefficient (Wildman–Crippen LogP) is 5.06. The Hall–Kier alpha value is -5.03. The van der Waals surface area contributed by atoms with Gasteiger partial charge in [0.2, 0.25) is 5.95 Å². The molecule has 0 radical (unpaired) electrons. The molecule has 4 aromatic rings. The molecule has 2 aromatic carbocycles. The first-order valence-electron chi connectivity index (χ1n) is 14.3. The summed E-state index contributed by atoms with van der Waals surface area (Å²) in [6, 6.07) is 19.0. The summed E-state index contributed by atoms with van der Waals surface area (Å²) in [5.41, 5.74) is 5.71. The minimum absolute atomic E-state index is 0.0444. The smallest absolute Gasteiger partial charge is 0.408 e. The molecule has 1 aliphatic heterocycles. The second kappa shape index (κ2) is 13.8. The molecule has 1 aliphatic rings. The van der Waals surface area contributed by atoms with Gasteiger partial charge in [-0.1, -0.05) is 6.07 Å². The number of nitrogens with zero attached hydrogens (tertiary/aromatic N) is 5. The van der Waals surface area contributed by atoms with Gasteiger partial charge in [-0.2, -0.15) is 0 Å². The number of aromatic nitrogens is 3. The molecular weight excluding hydrogens is 544 g/mol. The number of alkyl carbamates (subject to hydrolysis) is 1. The molecule has 0 saturated carbocycles. The number of pyridine rings is 1. The van der Waals surface area contributed by atoms with Crippen LogP contribution >= 0.6 is 0 Å². The lowest BCUT2D eigenvalue weighted by molar-refractivity contribution is 0.0643. The highest BCUT2D eigenvalue weighted by Gasteiger charge is 2.19. The van der Waals surface area contributed by atoms with Crippen LogP contribution in [0.15, 0.2) is 79.3 Å². The van der Waals surface area contributed by atoms with Crippen LogP contribution in [0.4, 0.5) is 27.8 Å². The Kier molecular flexibility index (Phi) is 9.42. The third-order valence-electron chi connectivity index (χ3n) is 7.01. The summed E-state index contributed by atoms with van der Waals surface area (Å²) < 4.78 is 5.29. The summed E-state index contributed by atoms with van der Waals surface area (Å²) >= 11 is 0. The number of carbonyl (C=O) groups is 2. The van der Waals surface area contributed by atoms with Gasteiger partial charge in [0, 0.05) is 79.0 Å². The van der Waals surface area contributed by atoms with Gasteiger partial charge in [0.25, 0.3) is 5.91 Å². The zero-order valence-corrected chi connectivity index (χ0v) is 24.6. The van der Waals surface area contributed by atoms with Crippen LogP contribution in [-0.4, -0.2) is 70.8 Å². The predicted molar refractivity (Wildman–Crippen MR) is 168 cm³/mol. The lowest BCUT2D eigenvalue weighted by Gasteiger charge is -2.35. The number of piperazine rings is 1. The van der Waals surface area contributed by atoms with E-state index in [1.165, 1.54) is 0 Å². The van der Waals surface area contributed by atoms with Crippen molar-refractivity contribution in [2.75, 3.05) is 48.4 Å². The fourth-order valence-electron chi connectivity index (χ4n) is 4.64. The molecule has 5 rings (SSSR count). The van der Waals surface area contributed by atoms with Crippen LogP contribution in [0.1, 0.15) is 29.8 Å².